The van der Waals surface area contributed by atoms with Gasteiger partial charge in [0.25, 0.3) is 5.56 Å². The standard InChI is InChI=1S/C14H8F3NOS/c15-14(16,17)9-4-3-8-6-11(12-2-1-5-20-12)18-13(19)10(8)7-9/h1-7H,(H,18,19). The number of halogens is 3. The number of nitrogens with one attached hydrogen (secondary N) is 1. The Morgan fingerprint density at radius 2 is 1.90 bits per heavy atom. The summed E-state index contributed by atoms with van der Waals surface area (Å²) in [5, 5.41) is 2.40. The quantitative estimate of drug-likeness (QED) is 0.714. The zero-order chi connectivity index (χ0) is 14.3. The molecule has 0 atom stereocenters. The number of H-pyrrole nitrogens is 1. The molecule has 6 heteroatoms. The van der Waals surface area contributed by atoms with Gasteiger partial charge in [-0.3, -0.25) is 4.79 Å². The number of pyridine rings is 1. The number of alkyl halides is 3. The van der Waals surface area contributed by atoms with Crippen molar-refractivity contribution in [1.82, 2.24) is 4.98 Å². The van der Waals surface area contributed by atoms with Gasteiger partial charge in [-0.2, -0.15) is 13.2 Å². The number of rotatable bonds is 1. The van der Waals surface area contributed by atoms with E-state index in [1.807, 2.05) is 17.5 Å². The van der Waals surface area contributed by atoms with Crippen molar-refractivity contribution in [3.05, 3.63) is 57.7 Å². The minimum atomic E-state index is -4.45. The molecule has 0 aliphatic heterocycles. The molecule has 0 amide bonds. The summed E-state index contributed by atoms with van der Waals surface area (Å²) in [5.74, 6) is 0. The maximum atomic E-state index is 12.6. The summed E-state index contributed by atoms with van der Waals surface area (Å²) in [6, 6.07) is 8.56. The third-order valence-corrected chi connectivity index (χ3v) is 3.86. The van der Waals surface area contributed by atoms with Crippen molar-refractivity contribution in [2.45, 2.75) is 6.18 Å². The van der Waals surface area contributed by atoms with E-state index >= 15 is 0 Å². The first-order valence-corrected chi connectivity index (χ1v) is 6.61. The molecule has 3 rings (SSSR count). The number of hydrogen-bond acceptors (Lipinski definition) is 2. The maximum absolute atomic E-state index is 12.6. The van der Waals surface area contributed by atoms with Crippen LogP contribution in [0.3, 0.4) is 0 Å². The first-order valence-electron chi connectivity index (χ1n) is 5.73. The Morgan fingerprint density at radius 3 is 2.55 bits per heavy atom. The van der Waals surface area contributed by atoms with Gasteiger partial charge in [0, 0.05) is 5.39 Å². The lowest BCUT2D eigenvalue weighted by Crippen LogP contribution is -2.10. The monoisotopic (exact) mass is 295 g/mol. The Hall–Kier alpha value is -2.08. The van der Waals surface area contributed by atoms with Gasteiger partial charge in [0.2, 0.25) is 0 Å². The zero-order valence-corrected chi connectivity index (χ0v) is 10.8. The van der Waals surface area contributed by atoms with Gasteiger partial charge in [0.15, 0.2) is 0 Å². The molecule has 0 spiro atoms. The van der Waals surface area contributed by atoms with Gasteiger partial charge >= 0.3 is 6.18 Å². The van der Waals surface area contributed by atoms with Crippen molar-refractivity contribution >= 4 is 22.1 Å². The van der Waals surface area contributed by atoms with E-state index in [4.69, 9.17) is 0 Å². The maximum Gasteiger partial charge on any atom is 0.416 e. The van der Waals surface area contributed by atoms with Gasteiger partial charge in [-0.15, -0.1) is 11.3 Å². The lowest BCUT2D eigenvalue weighted by Gasteiger charge is -2.08. The van der Waals surface area contributed by atoms with Gasteiger partial charge in [0.05, 0.1) is 16.1 Å². The molecule has 0 saturated heterocycles. The summed E-state index contributed by atoms with van der Waals surface area (Å²) in [6.07, 6.45) is -4.45. The average molecular weight is 295 g/mol. The summed E-state index contributed by atoms with van der Waals surface area (Å²) in [4.78, 5) is 15.4. The number of hydrogen-bond donors (Lipinski definition) is 1. The van der Waals surface area contributed by atoms with E-state index in [2.05, 4.69) is 4.98 Å². The molecule has 0 aliphatic rings. The van der Waals surface area contributed by atoms with Crippen LogP contribution < -0.4 is 5.56 Å². The Bertz CT molecular complexity index is 819. The van der Waals surface area contributed by atoms with Gasteiger partial charge in [-0.1, -0.05) is 12.1 Å². The lowest BCUT2D eigenvalue weighted by atomic mass is 10.1. The number of aromatic amines is 1. The van der Waals surface area contributed by atoms with Crippen molar-refractivity contribution < 1.29 is 13.2 Å². The highest BCUT2D eigenvalue weighted by Crippen LogP contribution is 2.31. The average Bonchev–Trinajstić information content (AvgIpc) is 2.91. The van der Waals surface area contributed by atoms with Gasteiger partial charge in [-0.05, 0) is 35.0 Å². The minimum Gasteiger partial charge on any atom is -0.321 e. The number of benzene rings is 1. The van der Waals surface area contributed by atoms with Crippen LogP contribution in [-0.2, 0) is 6.18 Å². The summed E-state index contributed by atoms with van der Waals surface area (Å²) < 4.78 is 37.9. The van der Waals surface area contributed by atoms with E-state index in [-0.39, 0.29) is 5.39 Å². The zero-order valence-electron chi connectivity index (χ0n) is 9.99. The first-order chi connectivity index (χ1) is 9.45. The molecule has 2 nitrogen and oxygen atoms in total. The molecule has 0 saturated carbocycles. The van der Waals surface area contributed by atoms with Crippen molar-refractivity contribution in [3.63, 3.8) is 0 Å². The van der Waals surface area contributed by atoms with Gasteiger partial charge in [0.1, 0.15) is 0 Å². The highest BCUT2D eigenvalue weighted by molar-refractivity contribution is 7.13. The first kappa shape index (κ1) is 12.9. The highest BCUT2D eigenvalue weighted by atomic mass is 32.1. The van der Waals surface area contributed by atoms with Crippen LogP contribution in [0.2, 0.25) is 0 Å². The molecule has 20 heavy (non-hydrogen) atoms. The SMILES string of the molecule is O=c1[nH]c(-c2cccs2)cc2ccc(C(F)(F)F)cc12. The molecule has 0 aliphatic carbocycles. The Morgan fingerprint density at radius 1 is 1.10 bits per heavy atom. The summed E-state index contributed by atoms with van der Waals surface area (Å²) in [7, 11) is 0. The molecule has 3 aromatic rings. The fourth-order valence-corrected chi connectivity index (χ4v) is 2.70. The van der Waals surface area contributed by atoms with Crippen molar-refractivity contribution in [3.8, 4) is 10.6 Å². The molecular formula is C14H8F3NOS. The van der Waals surface area contributed by atoms with Crippen LogP contribution >= 0.6 is 11.3 Å². The highest BCUT2D eigenvalue weighted by Gasteiger charge is 2.30. The second-order valence-corrected chi connectivity index (χ2v) is 5.24. The number of fused-ring (bicyclic) bond motifs is 1. The second kappa shape index (κ2) is 4.49. The fraction of sp³-hybridized carbons (Fsp3) is 0.0714. The largest absolute Gasteiger partial charge is 0.416 e. The van der Waals surface area contributed by atoms with E-state index in [1.165, 1.54) is 17.4 Å². The van der Waals surface area contributed by atoms with E-state index in [0.29, 0.717) is 11.1 Å². The molecule has 102 valence electrons. The normalized spacial score (nSPS) is 11.9. The molecule has 1 aromatic carbocycles. The smallest absolute Gasteiger partial charge is 0.321 e. The van der Waals surface area contributed by atoms with Crippen LogP contribution in [0.4, 0.5) is 13.2 Å². The molecule has 0 fully saturated rings. The van der Waals surface area contributed by atoms with E-state index in [9.17, 15) is 18.0 Å². The Kier molecular flexibility index (Phi) is 2.90. The van der Waals surface area contributed by atoms with Crippen LogP contribution in [0.1, 0.15) is 5.56 Å². The van der Waals surface area contributed by atoms with Crippen molar-refractivity contribution in [1.29, 1.82) is 0 Å². The third-order valence-electron chi connectivity index (χ3n) is 2.96. The third kappa shape index (κ3) is 2.22. The van der Waals surface area contributed by atoms with E-state index in [1.54, 1.807) is 6.07 Å². The Labute approximate surface area is 115 Å². The number of aromatic nitrogens is 1. The van der Waals surface area contributed by atoms with E-state index in [0.717, 1.165) is 17.0 Å². The summed E-state index contributed by atoms with van der Waals surface area (Å²) in [5.41, 5.74) is -0.728. The van der Waals surface area contributed by atoms with Crippen LogP contribution in [0, 0.1) is 0 Å². The number of thiophene rings is 1. The fourth-order valence-electron chi connectivity index (χ4n) is 2.00. The molecule has 0 unspecified atom stereocenters. The second-order valence-electron chi connectivity index (χ2n) is 4.29. The molecular weight excluding hydrogens is 287 g/mol. The molecule has 1 N–H and O–H groups in total. The van der Waals surface area contributed by atoms with E-state index < -0.39 is 17.3 Å². The van der Waals surface area contributed by atoms with Crippen LogP contribution in [0.15, 0.2) is 46.6 Å². The Balaban J connectivity index is 2.23. The van der Waals surface area contributed by atoms with Crippen LogP contribution in [-0.4, -0.2) is 4.98 Å². The van der Waals surface area contributed by atoms with Crippen molar-refractivity contribution in [2.24, 2.45) is 0 Å². The molecule has 2 aromatic heterocycles. The lowest BCUT2D eigenvalue weighted by molar-refractivity contribution is -0.137. The molecule has 0 bridgehead atoms. The topological polar surface area (TPSA) is 32.9 Å². The summed E-state index contributed by atoms with van der Waals surface area (Å²) in [6.45, 7) is 0. The molecule has 0 radical (unpaired) electrons. The summed E-state index contributed by atoms with van der Waals surface area (Å²) >= 11 is 1.45. The predicted octanol–water partition coefficient (Wildman–Crippen LogP) is 4.28. The van der Waals surface area contributed by atoms with Gasteiger partial charge in [-0.25, -0.2) is 0 Å². The minimum absolute atomic E-state index is 0.0418. The predicted molar refractivity (Wildman–Crippen MR) is 72.9 cm³/mol. The van der Waals surface area contributed by atoms with Gasteiger partial charge < -0.3 is 4.98 Å². The van der Waals surface area contributed by atoms with Crippen molar-refractivity contribution in [2.75, 3.05) is 0 Å². The molecule has 2 heterocycles. The van der Waals surface area contributed by atoms with Crippen LogP contribution in [0.5, 0.6) is 0 Å². The van der Waals surface area contributed by atoms with Crippen LogP contribution in [0.25, 0.3) is 21.3 Å².